The van der Waals surface area contributed by atoms with Crippen LogP contribution in [-0.4, -0.2) is 37.5 Å². The Morgan fingerprint density at radius 3 is 2.67 bits per heavy atom. The predicted molar refractivity (Wildman–Crippen MR) is 55.2 cm³/mol. The second-order valence-corrected chi connectivity index (χ2v) is 4.24. The second-order valence-electron chi connectivity index (χ2n) is 4.24. The molecule has 2 amide bonds. The molecule has 0 saturated carbocycles. The van der Waals surface area contributed by atoms with E-state index in [4.69, 9.17) is 0 Å². The molecule has 2 saturated heterocycles. The monoisotopic (exact) mass is 211 g/mol. The number of amides is 2. The molecule has 0 aliphatic carbocycles. The Kier molecular flexibility index (Phi) is 3.20. The lowest BCUT2D eigenvalue weighted by Gasteiger charge is -2.23. The second kappa shape index (κ2) is 4.61. The number of hydrogen-bond acceptors (Lipinski definition) is 3. The van der Waals surface area contributed by atoms with Crippen molar-refractivity contribution in [3.63, 3.8) is 0 Å². The Bertz CT molecular complexity index is 261. The highest BCUT2D eigenvalue weighted by Crippen LogP contribution is 2.12. The van der Waals surface area contributed by atoms with Crippen molar-refractivity contribution in [1.29, 1.82) is 0 Å². The highest BCUT2D eigenvalue weighted by Gasteiger charge is 2.27. The molecular formula is C10H17N3O2. The molecule has 0 spiro atoms. The first-order valence-electron chi connectivity index (χ1n) is 5.53. The van der Waals surface area contributed by atoms with Gasteiger partial charge >= 0.3 is 0 Å². The maximum absolute atomic E-state index is 11.8. The van der Waals surface area contributed by atoms with Crippen molar-refractivity contribution < 1.29 is 9.59 Å². The lowest BCUT2D eigenvalue weighted by molar-refractivity contribution is -0.126. The Labute approximate surface area is 89.0 Å². The van der Waals surface area contributed by atoms with E-state index in [1.54, 1.807) is 0 Å². The summed E-state index contributed by atoms with van der Waals surface area (Å²) in [5, 5.41) is 8.86. The first-order chi connectivity index (χ1) is 7.25. The summed E-state index contributed by atoms with van der Waals surface area (Å²) in [7, 11) is 0. The molecule has 1 unspecified atom stereocenters. The SMILES string of the molecule is O=C1CC(NC(=O)C2CCNCC2)CN1. The molecule has 2 aliphatic rings. The summed E-state index contributed by atoms with van der Waals surface area (Å²) in [5.41, 5.74) is 0. The molecule has 0 radical (unpaired) electrons. The minimum Gasteiger partial charge on any atom is -0.354 e. The van der Waals surface area contributed by atoms with Gasteiger partial charge in [0.1, 0.15) is 0 Å². The summed E-state index contributed by atoms with van der Waals surface area (Å²) in [4.78, 5) is 22.7. The van der Waals surface area contributed by atoms with Gasteiger partial charge in [0.15, 0.2) is 0 Å². The van der Waals surface area contributed by atoms with Crippen LogP contribution >= 0.6 is 0 Å². The van der Waals surface area contributed by atoms with Crippen LogP contribution in [0.2, 0.25) is 0 Å². The number of carbonyl (C=O) groups excluding carboxylic acids is 2. The summed E-state index contributed by atoms with van der Waals surface area (Å²) < 4.78 is 0. The Morgan fingerprint density at radius 1 is 1.33 bits per heavy atom. The molecule has 84 valence electrons. The van der Waals surface area contributed by atoms with Crippen LogP contribution in [0.15, 0.2) is 0 Å². The van der Waals surface area contributed by atoms with Gasteiger partial charge in [0.05, 0.1) is 6.04 Å². The molecule has 5 heteroatoms. The Balaban J connectivity index is 1.78. The van der Waals surface area contributed by atoms with Gasteiger partial charge in [-0.2, -0.15) is 0 Å². The van der Waals surface area contributed by atoms with E-state index in [9.17, 15) is 9.59 Å². The van der Waals surface area contributed by atoms with Crippen LogP contribution in [0.3, 0.4) is 0 Å². The molecule has 15 heavy (non-hydrogen) atoms. The maximum atomic E-state index is 11.8. The van der Waals surface area contributed by atoms with Crippen LogP contribution in [-0.2, 0) is 9.59 Å². The van der Waals surface area contributed by atoms with Crippen molar-refractivity contribution in [2.24, 2.45) is 5.92 Å². The van der Waals surface area contributed by atoms with Gasteiger partial charge in [-0.25, -0.2) is 0 Å². The molecule has 1 atom stereocenters. The van der Waals surface area contributed by atoms with E-state index >= 15 is 0 Å². The summed E-state index contributed by atoms with van der Waals surface area (Å²) in [6, 6.07) is -0.000106. The fourth-order valence-electron chi connectivity index (χ4n) is 2.11. The van der Waals surface area contributed by atoms with Crippen molar-refractivity contribution >= 4 is 11.8 Å². The van der Waals surface area contributed by atoms with Gasteiger partial charge in [-0.1, -0.05) is 0 Å². The molecular weight excluding hydrogens is 194 g/mol. The van der Waals surface area contributed by atoms with Crippen LogP contribution in [0.4, 0.5) is 0 Å². The fraction of sp³-hybridized carbons (Fsp3) is 0.800. The lowest BCUT2D eigenvalue weighted by atomic mass is 9.97. The van der Waals surface area contributed by atoms with Crippen LogP contribution in [0.5, 0.6) is 0 Å². The third-order valence-electron chi connectivity index (χ3n) is 3.03. The first-order valence-corrected chi connectivity index (χ1v) is 5.53. The summed E-state index contributed by atoms with van der Waals surface area (Å²) >= 11 is 0. The zero-order valence-electron chi connectivity index (χ0n) is 8.71. The minimum atomic E-state index is -0.000106. The quantitative estimate of drug-likeness (QED) is 0.548. The smallest absolute Gasteiger partial charge is 0.223 e. The fourth-order valence-corrected chi connectivity index (χ4v) is 2.11. The normalized spacial score (nSPS) is 27.5. The van der Waals surface area contributed by atoms with Gasteiger partial charge in [0, 0.05) is 18.9 Å². The molecule has 5 nitrogen and oxygen atoms in total. The number of hydrogen-bond donors (Lipinski definition) is 3. The van der Waals surface area contributed by atoms with Crippen LogP contribution < -0.4 is 16.0 Å². The van der Waals surface area contributed by atoms with Crippen LogP contribution in [0.25, 0.3) is 0 Å². The maximum Gasteiger partial charge on any atom is 0.223 e. The highest BCUT2D eigenvalue weighted by molar-refractivity contribution is 5.83. The lowest BCUT2D eigenvalue weighted by Crippen LogP contribution is -2.43. The van der Waals surface area contributed by atoms with Crippen molar-refractivity contribution in [3.8, 4) is 0 Å². The molecule has 0 aromatic heterocycles. The van der Waals surface area contributed by atoms with E-state index in [-0.39, 0.29) is 23.8 Å². The van der Waals surface area contributed by atoms with Crippen LogP contribution in [0, 0.1) is 5.92 Å². The summed E-state index contributed by atoms with van der Waals surface area (Å²) in [6.45, 7) is 2.41. The molecule has 2 aliphatic heterocycles. The van der Waals surface area contributed by atoms with E-state index in [1.165, 1.54) is 0 Å². The molecule has 3 N–H and O–H groups in total. The van der Waals surface area contributed by atoms with E-state index in [0.29, 0.717) is 13.0 Å². The van der Waals surface area contributed by atoms with E-state index in [0.717, 1.165) is 25.9 Å². The van der Waals surface area contributed by atoms with Crippen LogP contribution in [0.1, 0.15) is 19.3 Å². The summed E-state index contributed by atoms with van der Waals surface area (Å²) in [5.74, 6) is 0.269. The average Bonchev–Trinajstić information content (AvgIpc) is 2.65. The number of rotatable bonds is 2. The molecule has 2 heterocycles. The molecule has 2 rings (SSSR count). The number of carbonyl (C=O) groups is 2. The van der Waals surface area contributed by atoms with Crippen molar-refractivity contribution in [2.75, 3.05) is 19.6 Å². The van der Waals surface area contributed by atoms with Crippen molar-refractivity contribution in [1.82, 2.24) is 16.0 Å². The number of nitrogens with one attached hydrogen (secondary N) is 3. The Hall–Kier alpha value is -1.10. The van der Waals surface area contributed by atoms with E-state index < -0.39 is 0 Å². The van der Waals surface area contributed by atoms with Gasteiger partial charge < -0.3 is 16.0 Å². The van der Waals surface area contributed by atoms with Crippen molar-refractivity contribution in [3.05, 3.63) is 0 Å². The van der Waals surface area contributed by atoms with Gasteiger partial charge in [-0.15, -0.1) is 0 Å². The first kappa shape index (κ1) is 10.4. The van der Waals surface area contributed by atoms with E-state index in [2.05, 4.69) is 16.0 Å². The van der Waals surface area contributed by atoms with Gasteiger partial charge in [0.25, 0.3) is 0 Å². The van der Waals surface area contributed by atoms with Gasteiger partial charge in [0.2, 0.25) is 11.8 Å². The largest absolute Gasteiger partial charge is 0.354 e. The molecule has 2 fully saturated rings. The number of piperidine rings is 1. The van der Waals surface area contributed by atoms with E-state index in [1.807, 2.05) is 0 Å². The minimum absolute atomic E-state index is 0.000106. The third kappa shape index (κ3) is 2.68. The van der Waals surface area contributed by atoms with Gasteiger partial charge in [-0.3, -0.25) is 9.59 Å². The standard InChI is InChI=1S/C10H17N3O2/c14-9-5-8(6-12-9)13-10(15)7-1-3-11-4-2-7/h7-8,11H,1-6H2,(H,12,14)(H,13,15). The molecule has 0 aromatic rings. The third-order valence-corrected chi connectivity index (χ3v) is 3.03. The van der Waals surface area contributed by atoms with Gasteiger partial charge in [-0.05, 0) is 25.9 Å². The topological polar surface area (TPSA) is 70.2 Å². The highest BCUT2D eigenvalue weighted by atomic mass is 16.2. The zero-order chi connectivity index (χ0) is 10.7. The predicted octanol–water partition coefficient (Wildman–Crippen LogP) is -1.01. The average molecular weight is 211 g/mol. The van der Waals surface area contributed by atoms with Crippen molar-refractivity contribution in [2.45, 2.75) is 25.3 Å². The molecule has 0 aromatic carbocycles. The Morgan fingerprint density at radius 2 is 2.07 bits per heavy atom. The zero-order valence-corrected chi connectivity index (χ0v) is 8.71. The summed E-state index contributed by atoms with van der Waals surface area (Å²) in [6.07, 6.45) is 2.23. The molecule has 0 bridgehead atoms.